The van der Waals surface area contributed by atoms with Gasteiger partial charge in [-0.25, -0.2) is 0 Å². The van der Waals surface area contributed by atoms with Gasteiger partial charge in [-0.2, -0.15) is 0 Å². The van der Waals surface area contributed by atoms with Gasteiger partial charge in [0.1, 0.15) is 0 Å². The van der Waals surface area contributed by atoms with Crippen LogP contribution in [0.15, 0.2) is 65.1 Å². The zero-order valence-corrected chi connectivity index (χ0v) is 20.5. The molecule has 0 fully saturated rings. The molecule has 0 bridgehead atoms. The molecule has 166 valence electrons. The lowest BCUT2D eigenvalue weighted by molar-refractivity contribution is -0.116. The predicted octanol–water partition coefficient (Wildman–Crippen LogP) is 7.90. The fraction of sp³-hybridized carbons (Fsp3) is 0.231. The monoisotopic (exact) mass is 512 g/mol. The lowest BCUT2D eigenvalue weighted by Crippen LogP contribution is -2.12. The first-order valence-corrected chi connectivity index (χ1v) is 11.8. The number of hydrogen-bond donors (Lipinski definition) is 2. The van der Waals surface area contributed by atoms with E-state index in [1.807, 2.05) is 49.4 Å². The summed E-state index contributed by atoms with van der Waals surface area (Å²) in [6, 6.07) is 18.3. The Morgan fingerprint density at radius 1 is 0.938 bits per heavy atom. The van der Waals surface area contributed by atoms with Crippen molar-refractivity contribution < 1.29 is 9.59 Å². The summed E-state index contributed by atoms with van der Waals surface area (Å²) in [5.41, 5.74) is 4.14. The number of rotatable bonds is 9. The lowest BCUT2D eigenvalue weighted by atomic mass is 9.99. The number of nitrogens with one attached hydrogen (secondary N) is 2. The Bertz CT molecular complexity index is 1130. The second-order valence-corrected chi connectivity index (χ2v) is 8.98. The molecule has 0 aliphatic heterocycles. The van der Waals surface area contributed by atoms with Crippen molar-refractivity contribution >= 4 is 56.3 Å². The van der Waals surface area contributed by atoms with E-state index in [1.54, 1.807) is 18.2 Å². The highest BCUT2D eigenvalue weighted by Crippen LogP contribution is 2.31. The highest BCUT2D eigenvalue weighted by Gasteiger charge is 2.16. The van der Waals surface area contributed by atoms with Crippen molar-refractivity contribution in [3.05, 3.63) is 86.8 Å². The van der Waals surface area contributed by atoms with E-state index in [-0.39, 0.29) is 11.7 Å². The average Bonchev–Trinajstić information content (AvgIpc) is 2.76. The molecule has 0 unspecified atom stereocenters. The normalized spacial score (nSPS) is 10.6. The van der Waals surface area contributed by atoms with Crippen LogP contribution in [0.1, 0.15) is 54.1 Å². The van der Waals surface area contributed by atoms with Crippen molar-refractivity contribution in [3.8, 4) is 0 Å². The van der Waals surface area contributed by atoms with Crippen LogP contribution in [-0.4, -0.2) is 11.7 Å². The molecular weight excluding hydrogens is 488 g/mol. The summed E-state index contributed by atoms with van der Waals surface area (Å²) in [5.74, 6) is -0.125. The van der Waals surface area contributed by atoms with E-state index < -0.39 is 0 Å². The molecule has 32 heavy (non-hydrogen) atoms. The summed E-state index contributed by atoms with van der Waals surface area (Å²) in [5, 5.41) is 6.65. The maximum Gasteiger partial charge on any atom is 0.224 e. The second-order valence-electron chi connectivity index (χ2n) is 7.66. The van der Waals surface area contributed by atoms with Gasteiger partial charge in [0.15, 0.2) is 5.78 Å². The summed E-state index contributed by atoms with van der Waals surface area (Å²) < 4.78 is 0.865. The Morgan fingerprint density at radius 3 is 2.44 bits per heavy atom. The van der Waals surface area contributed by atoms with Gasteiger partial charge >= 0.3 is 0 Å². The zero-order chi connectivity index (χ0) is 23.1. The summed E-state index contributed by atoms with van der Waals surface area (Å²) in [6.07, 6.45) is 3.45. The van der Waals surface area contributed by atoms with E-state index in [4.69, 9.17) is 11.6 Å². The number of carbonyl (C=O) groups is 2. The molecule has 0 radical (unpaired) electrons. The largest absolute Gasteiger partial charge is 0.354 e. The highest BCUT2D eigenvalue weighted by molar-refractivity contribution is 9.10. The van der Waals surface area contributed by atoms with Crippen LogP contribution in [0.2, 0.25) is 5.02 Å². The van der Waals surface area contributed by atoms with Crippen LogP contribution >= 0.6 is 27.5 Å². The van der Waals surface area contributed by atoms with E-state index in [0.29, 0.717) is 28.3 Å². The molecule has 0 saturated heterocycles. The Balaban J connectivity index is 1.79. The molecular formula is C26H26BrClN2O2. The summed E-state index contributed by atoms with van der Waals surface area (Å²) in [7, 11) is 0. The number of anilines is 3. The first-order valence-electron chi connectivity index (χ1n) is 10.7. The van der Waals surface area contributed by atoms with Crippen molar-refractivity contribution in [3.63, 3.8) is 0 Å². The molecule has 4 nitrogen and oxygen atoms in total. The second kappa shape index (κ2) is 11.3. The molecule has 0 saturated carbocycles. The number of benzene rings is 3. The fourth-order valence-electron chi connectivity index (χ4n) is 3.38. The smallest absolute Gasteiger partial charge is 0.224 e. The third kappa shape index (κ3) is 6.21. The highest BCUT2D eigenvalue weighted by atomic mass is 79.9. The SMILES string of the molecule is CCCCCC(=O)Nc1cc(Br)ccc1Nc1ccc(C(=O)c2ccccc2C)c(Cl)c1. The third-order valence-electron chi connectivity index (χ3n) is 5.15. The average molecular weight is 514 g/mol. The van der Waals surface area contributed by atoms with Crippen molar-refractivity contribution in [2.45, 2.75) is 39.5 Å². The number of aryl methyl sites for hydroxylation is 1. The Kier molecular flexibility index (Phi) is 8.48. The van der Waals surface area contributed by atoms with Gasteiger partial charge in [0.05, 0.1) is 16.4 Å². The molecule has 3 aromatic carbocycles. The Hall–Kier alpha value is -2.63. The van der Waals surface area contributed by atoms with E-state index in [2.05, 4.69) is 33.5 Å². The first kappa shape index (κ1) is 24.0. The number of unbranched alkanes of at least 4 members (excludes halogenated alkanes) is 2. The van der Waals surface area contributed by atoms with Crippen LogP contribution in [0.5, 0.6) is 0 Å². The number of carbonyl (C=O) groups excluding carboxylic acids is 2. The van der Waals surface area contributed by atoms with Crippen LogP contribution in [0.25, 0.3) is 0 Å². The minimum Gasteiger partial charge on any atom is -0.354 e. The van der Waals surface area contributed by atoms with E-state index >= 15 is 0 Å². The zero-order valence-electron chi connectivity index (χ0n) is 18.2. The standard InChI is InChI=1S/C26H26BrClN2O2/c1-3-4-5-10-25(31)30-24-15-18(27)11-14-23(24)29-19-12-13-21(22(28)16-19)26(32)20-9-7-6-8-17(20)2/h6-9,11-16,29H,3-5,10H2,1-2H3,(H,30,31). The minimum absolute atomic E-state index is 0.0168. The molecule has 0 aromatic heterocycles. The van der Waals surface area contributed by atoms with Crippen LogP contribution in [-0.2, 0) is 4.79 Å². The Labute approximate surface area is 202 Å². The van der Waals surface area contributed by atoms with Gasteiger partial charge in [0, 0.05) is 27.7 Å². The number of hydrogen-bond acceptors (Lipinski definition) is 3. The molecule has 3 aromatic rings. The van der Waals surface area contributed by atoms with Crippen LogP contribution in [0.4, 0.5) is 17.1 Å². The van der Waals surface area contributed by atoms with Gasteiger partial charge in [-0.1, -0.05) is 71.6 Å². The van der Waals surface area contributed by atoms with Gasteiger partial charge < -0.3 is 10.6 Å². The molecule has 0 spiro atoms. The van der Waals surface area contributed by atoms with E-state index in [0.717, 1.165) is 40.7 Å². The van der Waals surface area contributed by atoms with Crippen LogP contribution in [0, 0.1) is 6.92 Å². The number of ketones is 1. The Morgan fingerprint density at radius 2 is 1.72 bits per heavy atom. The van der Waals surface area contributed by atoms with Gasteiger partial charge in [-0.15, -0.1) is 0 Å². The van der Waals surface area contributed by atoms with Crippen LogP contribution < -0.4 is 10.6 Å². The molecule has 6 heteroatoms. The van der Waals surface area contributed by atoms with Crippen LogP contribution in [0.3, 0.4) is 0 Å². The first-order chi connectivity index (χ1) is 15.4. The summed E-state index contributed by atoms with van der Waals surface area (Å²) >= 11 is 9.94. The predicted molar refractivity (Wildman–Crippen MR) is 136 cm³/mol. The molecule has 0 heterocycles. The molecule has 2 N–H and O–H groups in total. The topological polar surface area (TPSA) is 58.2 Å². The van der Waals surface area contributed by atoms with E-state index in [1.165, 1.54) is 0 Å². The number of halogens is 2. The van der Waals surface area contributed by atoms with Crippen molar-refractivity contribution in [1.82, 2.24) is 0 Å². The maximum absolute atomic E-state index is 12.9. The third-order valence-corrected chi connectivity index (χ3v) is 5.95. The molecule has 0 aliphatic carbocycles. The maximum atomic E-state index is 12.9. The molecule has 3 rings (SSSR count). The summed E-state index contributed by atoms with van der Waals surface area (Å²) in [6.45, 7) is 4.02. The van der Waals surface area contributed by atoms with Crippen molar-refractivity contribution in [1.29, 1.82) is 0 Å². The van der Waals surface area contributed by atoms with Gasteiger partial charge in [-0.3, -0.25) is 9.59 Å². The minimum atomic E-state index is -0.108. The lowest BCUT2D eigenvalue weighted by Gasteiger charge is -2.15. The molecule has 0 aliphatic rings. The quantitative estimate of drug-likeness (QED) is 0.226. The molecule has 1 amide bonds. The van der Waals surface area contributed by atoms with Gasteiger partial charge in [0.2, 0.25) is 5.91 Å². The summed E-state index contributed by atoms with van der Waals surface area (Å²) in [4.78, 5) is 25.2. The molecule has 0 atom stereocenters. The number of amides is 1. The van der Waals surface area contributed by atoms with Crippen molar-refractivity contribution in [2.75, 3.05) is 10.6 Å². The fourth-order valence-corrected chi connectivity index (χ4v) is 4.01. The van der Waals surface area contributed by atoms with E-state index in [9.17, 15) is 9.59 Å². The van der Waals surface area contributed by atoms with Crippen molar-refractivity contribution in [2.24, 2.45) is 0 Å². The van der Waals surface area contributed by atoms with Gasteiger partial charge in [0.25, 0.3) is 0 Å². The van der Waals surface area contributed by atoms with Gasteiger partial charge in [-0.05, 0) is 55.3 Å².